The van der Waals surface area contributed by atoms with Crippen LogP contribution in [0.4, 0.5) is 42.9 Å². The van der Waals surface area contributed by atoms with Crippen LogP contribution in [0.15, 0.2) is 230 Å². The average molecular weight is 943 g/mol. The second-order valence-corrected chi connectivity index (χ2v) is 18.1. The van der Waals surface area contributed by atoms with E-state index >= 15 is 8.78 Å². The third-order valence-corrected chi connectivity index (χ3v) is 13.9. The molecule has 0 saturated carbocycles. The molecule has 0 atom stereocenters. The van der Waals surface area contributed by atoms with Gasteiger partial charge >= 0.3 is 0 Å². The van der Waals surface area contributed by atoms with Gasteiger partial charge in [-0.3, -0.25) is 0 Å². The largest absolute Gasteiger partial charge is 0.307 e. The SMILES string of the molecule is [2H]c1c([2H])c([2H])c(N(c2c(F)ccc(-c3ccccc3C)c2-c2ccccc2C)c2ccc3ccc4c(N(c5c([2H])c([2H])c([2H])c([2H])c5[2H])c5c(F)ccc(-c6ccccc6C)c5-c5ccccc5C)ccc5ccc2c3c54)c([2H])c1[2H]. The minimum Gasteiger partial charge on any atom is -0.307 e. The van der Waals surface area contributed by atoms with Crippen molar-refractivity contribution in [2.75, 3.05) is 9.80 Å². The Bertz CT molecular complexity index is 4290. The van der Waals surface area contributed by atoms with Crippen LogP contribution in [0.3, 0.4) is 0 Å². The van der Waals surface area contributed by atoms with Crippen molar-refractivity contribution in [3.63, 3.8) is 0 Å². The van der Waals surface area contributed by atoms with Gasteiger partial charge in [-0.1, -0.05) is 182 Å². The van der Waals surface area contributed by atoms with Gasteiger partial charge in [0, 0.05) is 33.3 Å². The Morgan fingerprint density at radius 1 is 0.333 bits per heavy atom. The molecule has 12 rings (SSSR count). The van der Waals surface area contributed by atoms with Gasteiger partial charge in [0.1, 0.15) is 11.6 Å². The Kier molecular flexibility index (Phi) is 8.68. The second-order valence-electron chi connectivity index (χ2n) is 18.1. The summed E-state index contributed by atoms with van der Waals surface area (Å²) in [4.78, 5) is 2.90. The maximum absolute atomic E-state index is 18.0. The van der Waals surface area contributed by atoms with Crippen LogP contribution >= 0.6 is 0 Å². The number of hydrogen-bond acceptors (Lipinski definition) is 2. The highest BCUT2D eigenvalue weighted by atomic mass is 19.1. The molecule has 4 heteroatoms. The number of para-hydroxylation sites is 2. The van der Waals surface area contributed by atoms with Crippen LogP contribution in [-0.4, -0.2) is 0 Å². The Balaban J connectivity index is 1.23. The van der Waals surface area contributed by atoms with E-state index in [0.29, 0.717) is 65.7 Å². The number of nitrogens with zero attached hydrogens (tertiary/aromatic N) is 2. The van der Waals surface area contributed by atoms with Gasteiger partial charge in [-0.05, 0) is 153 Å². The van der Waals surface area contributed by atoms with Crippen LogP contribution in [0.5, 0.6) is 0 Å². The fraction of sp³-hybridized carbons (Fsp3) is 0.0588. The van der Waals surface area contributed by atoms with Gasteiger partial charge in [0.2, 0.25) is 0 Å². The Morgan fingerprint density at radius 3 is 1.03 bits per heavy atom. The average Bonchev–Trinajstić information content (AvgIpc) is 1.56. The van der Waals surface area contributed by atoms with E-state index in [4.69, 9.17) is 8.22 Å². The fourth-order valence-electron chi connectivity index (χ4n) is 10.6. The first-order valence-electron chi connectivity index (χ1n) is 28.7. The molecule has 0 amide bonds. The zero-order chi connectivity index (χ0) is 57.7. The van der Waals surface area contributed by atoms with Gasteiger partial charge in [-0.15, -0.1) is 0 Å². The van der Waals surface area contributed by atoms with Crippen molar-refractivity contribution in [3.8, 4) is 44.5 Å². The van der Waals surface area contributed by atoms with Gasteiger partial charge in [0.15, 0.2) is 0 Å². The maximum Gasteiger partial charge on any atom is 0.147 e. The zero-order valence-corrected chi connectivity index (χ0v) is 39.8. The fourth-order valence-corrected chi connectivity index (χ4v) is 10.6. The van der Waals surface area contributed by atoms with Gasteiger partial charge in [-0.2, -0.15) is 0 Å². The van der Waals surface area contributed by atoms with E-state index in [-0.39, 0.29) is 34.1 Å². The summed E-state index contributed by atoms with van der Waals surface area (Å²) in [5.41, 5.74) is 8.18. The topological polar surface area (TPSA) is 6.48 Å². The standard InChI is InChI=1S/C68H50F2N2/c1-43-19-11-15-27-51(43)55-37-39-59(69)67(65(55)53-29-17-13-21-45(53)3)71(49-23-7-5-8-24-49)61-41-33-47-32-36-58-62(42-34-48-31-35-57(61)63(47)64(48)58)72(50-25-9-6-10-26-50)68-60(70)40-38-56(52-28-16-12-20-44(52)2)66(68)54-30-18-14-22-46(54)4/h5-42H,1-4H3/i5D,6D,7D,8D,9D,10D,23D,24D,25D,26D. The Labute approximate surface area is 433 Å². The number of anilines is 6. The molecule has 0 unspecified atom stereocenters. The molecule has 12 aromatic carbocycles. The molecule has 0 aliphatic carbocycles. The van der Waals surface area contributed by atoms with Crippen molar-refractivity contribution >= 4 is 66.4 Å². The Morgan fingerprint density at radius 2 is 0.667 bits per heavy atom. The van der Waals surface area contributed by atoms with Crippen molar-refractivity contribution in [2.45, 2.75) is 27.7 Å². The van der Waals surface area contributed by atoms with Gasteiger partial charge in [0.25, 0.3) is 0 Å². The highest BCUT2D eigenvalue weighted by molar-refractivity contribution is 6.28. The Hall–Kier alpha value is -8.86. The first-order valence-corrected chi connectivity index (χ1v) is 23.7. The van der Waals surface area contributed by atoms with Crippen molar-refractivity contribution in [1.82, 2.24) is 0 Å². The summed E-state index contributed by atoms with van der Waals surface area (Å²) >= 11 is 0. The first-order chi connectivity index (χ1) is 39.4. The molecule has 0 spiro atoms. The molecule has 72 heavy (non-hydrogen) atoms. The molecule has 346 valence electrons. The molecule has 0 saturated heterocycles. The van der Waals surface area contributed by atoms with Crippen molar-refractivity contribution in [2.24, 2.45) is 0 Å². The number of rotatable bonds is 10. The first kappa shape index (κ1) is 34.4. The molecule has 0 aliphatic heterocycles. The van der Waals surface area contributed by atoms with Crippen LogP contribution in [0.2, 0.25) is 0 Å². The lowest BCUT2D eigenvalue weighted by Gasteiger charge is -2.32. The summed E-state index contributed by atoms with van der Waals surface area (Å²) in [6.07, 6.45) is 0. The monoisotopic (exact) mass is 942 g/mol. The lowest BCUT2D eigenvalue weighted by atomic mass is 9.87. The second kappa shape index (κ2) is 18.1. The third-order valence-electron chi connectivity index (χ3n) is 13.9. The van der Waals surface area contributed by atoms with E-state index in [1.807, 2.05) is 161 Å². The smallest absolute Gasteiger partial charge is 0.147 e. The van der Waals surface area contributed by atoms with E-state index in [1.165, 1.54) is 21.9 Å². The number of aryl methyl sites for hydroxylation is 4. The number of halogens is 2. The van der Waals surface area contributed by atoms with E-state index < -0.39 is 72.1 Å². The minimum atomic E-state index is -0.732. The molecule has 0 heterocycles. The molecule has 0 N–H and O–H groups in total. The van der Waals surface area contributed by atoms with Crippen molar-refractivity contribution in [1.29, 1.82) is 0 Å². The van der Waals surface area contributed by atoms with Crippen molar-refractivity contribution in [3.05, 3.63) is 264 Å². The van der Waals surface area contributed by atoms with E-state index in [0.717, 1.165) is 33.4 Å². The van der Waals surface area contributed by atoms with Gasteiger partial charge in [-0.25, -0.2) is 8.78 Å². The van der Waals surface area contributed by atoms with Crippen LogP contribution in [0.1, 0.15) is 36.0 Å². The van der Waals surface area contributed by atoms with Crippen LogP contribution in [0, 0.1) is 39.3 Å². The highest BCUT2D eigenvalue weighted by Gasteiger charge is 2.30. The van der Waals surface area contributed by atoms with E-state index in [2.05, 4.69) is 0 Å². The summed E-state index contributed by atoms with van der Waals surface area (Å²) in [5.74, 6) is -1.46. The van der Waals surface area contributed by atoms with E-state index in [1.54, 1.807) is 24.3 Å². The highest BCUT2D eigenvalue weighted by Crippen LogP contribution is 2.54. The lowest BCUT2D eigenvalue weighted by Crippen LogP contribution is -2.15. The summed E-state index contributed by atoms with van der Waals surface area (Å²) < 4.78 is 128. The van der Waals surface area contributed by atoms with Gasteiger partial charge < -0.3 is 9.80 Å². The molecule has 2 nitrogen and oxygen atoms in total. The summed E-state index contributed by atoms with van der Waals surface area (Å²) in [6, 6.07) is 45.2. The summed E-state index contributed by atoms with van der Waals surface area (Å²) in [5, 5.41) is 3.58. The normalized spacial score (nSPS) is 13.4. The molecule has 0 aromatic heterocycles. The molecule has 0 bridgehead atoms. The summed E-state index contributed by atoms with van der Waals surface area (Å²) in [6.45, 7) is 7.74. The molecular weight excluding hydrogens is 883 g/mol. The van der Waals surface area contributed by atoms with Gasteiger partial charge in [0.05, 0.1) is 36.5 Å². The predicted octanol–water partition coefficient (Wildman–Crippen LogP) is 19.7. The van der Waals surface area contributed by atoms with Crippen LogP contribution in [-0.2, 0) is 0 Å². The predicted molar refractivity (Wildman–Crippen MR) is 300 cm³/mol. The lowest BCUT2D eigenvalue weighted by molar-refractivity contribution is 0.629. The summed E-state index contributed by atoms with van der Waals surface area (Å²) in [7, 11) is 0. The van der Waals surface area contributed by atoms with E-state index in [9.17, 15) is 5.48 Å². The maximum atomic E-state index is 18.0. The zero-order valence-electron chi connectivity index (χ0n) is 49.8. The van der Waals surface area contributed by atoms with Crippen LogP contribution in [0.25, 0.3) is 76.8 Å². The molecule has 12 aromatic rings. The molecule has 0 radical (unpaired) electrons. The van der Waals surface area contributed by atoms with Crippen LogP contribution < -0.4 is 9.80 Å². The molecule has 0 aliphatic rings. The quantitative estimate of drug-likeness (QED) is 0.126. The molecule has 0 fully saturated rings. The minimum absolute atomic E-state index is 0.0654. The third kappa shape index (κ3) is 7.38. The number of benzene rings is 12. The van der Waals surface area contributed by atoms with Crippen molar-refractivity contribution < 1.29 is 22.5 Å². The molecular formula is C68H50F2N2. The number of hydrogen-bond donors (Lipinski definition) is 0.